The van der Waals surface area contributed by atoms with E-state index in [1.807, 2.05) is 0 Å². The fourth-order valence-electron chi connectivity index (χ4n) is 1.23. The van der Waals surface area contributed by atoms with Crippen molar-refractivity contribution in [3.05, 3.63) is 0 Å². The van der Waals surface area contributed by atoms with E-state index in [-0.39, 0.29) is 0 Å². The van der Waals surface area contributed by atoms with Crippen LogP contribution >= 0.6 is 0 Å². The molecule has 1 heterocycles. The molecule has 0 bridgehead atoms. The number of esters is 1. The van der Waals surface area contributed by atoms with Crippen LogP contribution in [-0.4, -0.2) is 42.4 Å². The molecule has 2 unspecified atom stereocenters. The zero-order chi connectivity index (χ0) is 18.7. The molecule has 0 spiro atoms. The highest BCUT2D eigenvalue weighted by Crippen LogP contribution is 2.59. The second-order valence-corrected chi connectivity index (χ2v) is 3.76. The second-order valence-electron chi connectivity index (χ2n) is 3.76. The third kappa shape index (κ3) is 3.00. The SMILES string of the molecule is O=C(OC(F)(F)F)C1(C(F)(F)F)OC(F)(F)C(F)(C(F)(F)F)O1. The van der Waals surface area contributed by atoms with E-state index in [4.69, 9.17) is 0 Å². The lowest BCUT2D eigenvalue weighted by Crippen LogP contribution is -2.57. The molecular formula is C7F12O4. The van der Waals surface area contributed by atoms with Crippen LogP contribution in [0.2, 0.25) is 0 Å². The summed E-state index contributed by atoms with van der Waals surface area (Å²) in [4.78, 5) is 10.8. The Morgan fingerprint density at radius 3 is 1.48 bits per heavy atom. The lowest BCUT2D eigenvalue weighted by Gasteiger charge is -2.28. The van der Waals surface area contributed by atoms with Crippen molar-refractivity contribution in [2.75, 3.05) is 0 Å². The minimum atomic E-state index is -6.91. The molecule has 23 heavy (non-hydrogen) atoms. The van der Waals surface area contributed by atoms with Gasteiger partial charge < -0.3 is 4.74 Å². The van der Waals surface area contributed by atoms with Crippen molar-refractivity contribution in [3.8, 4) is 0 Å². The van der Waals surface area contributed by atoms with Crippen molar-refractivity contribution in [2.24, 2.45) is 0 Å². The summed E-state index contributed by atoms with van der Waals surface area (Å²) in [7, 11) is 0. The van der Waals surface area contributed by atoms with Crippen LogP contribution in [-0.2, 0) is 19.0 Å². The molecule has 136 valence electrons. The first-order valence-electron chi connectivity index (χ1n) is 4.70. The Morgan fingerprint density at radius 2 is 1.22 bits per heavy atom. The molecule has 0 N–H and O–H groups in total. The van der Waals surface area contributed by atoms with Crippen LogP contribution in [0.1, 0.15) is 0 Å². The standard InChI is InChI=1S/C7F12O4/c8-3(5(12,13)14)6(15,16)23-2(22-3,4(9,10)11)1(20)21-7(17,18)19. The molecule has 0 amide bonds. The summed E-state index contributed by atoms with van der Waals surface area (Å²) < 4.78 is 155. The third-order valence-electron chi connectivity index (χ3n) is 2.15. The van der Waals surface area contributed by atoms with E-state index in [9.17, 15) is 57.5 Å². The lowest BCUT2D eigenvalue weighted by atomic mass is 10.2. The van der Waals surface area contributed by atoms with Gasteiger partial charge in [0.2, 0.25) is 0 Å². The van der Waals surface area contributed by atoms with Crippen LogP contribution in [0.15, 0.2) is 0 Å². The third-order valence-corrected chi connectivity index (χ3v) is 2.15. The van der Waals surface area contributed by atoms with E-state index in [1.165, 1.54) is 0 Å². The smallest absolute Gasteiger partial charge is 0.369 e. The molecule has 0 aromatic carbocycles. The van der Waals surface area contributed by atoms with E-state index in [0.29, 0.717) is 0 Å². The summed E-state index contributed by atoms with van der Waals surface area (Å²) in [6.07, 6.45) is -26.5. The van der Waals surface area contributed by atoms with Gasteiger partial charge in [0.25, 0.3) is 0 Å². The molecule has 1 saturated heterocycles. The van der Waals surface area contributed by atoms with Crippen molar-refractivity contribution < 1.29 is 71.7 Å². The number of rotatable bonds is 1. The normalized spacial score (nSPS) is 32.0. The van der Waals surface area contributed by atoms with Crippen LogP contribution in [0.25, 0.3) is 0 Å². The van der Waals surface area contributed by atoms with Gasteiger partial charge in [-0.1, -0.05) is 0 Å². The van der Waals surface area contributed by atoms with Gasteiger partial charge in [0.05, 0.1) is 0 Å². The van der Waals surface area contributed by atoms with Crippen LogP contribution in [0.3, 0.4) is 0 Å². The van der Waals surface area contributed by atoms with E-state index >= 15 is 0 Å². The average Bonchev–Trinajstić information content (AvgIpc) is 2.44. The first-order chi connectivity index (χ1) is 9.79. The highest BCUT2D eigenvalue weighted by Gasteiger charge is 2.89. The van der Waals surface area contributed by atoms with Gasteiger partial charge in [0.1, 0.15) is 0 Å². The maximum absolute atomic E-state index is 13.2. The van der Waals surface area contributed by atoms with E-state index < -0.39 is 42.4 Å². The number of hydrogen-bond donors (Lipinski definition) is 0. The topological polar surface area (TPSA) is 44.8 Å². The van der Waals surface area contributed by atoms with Gasteiger partial charge in [0, 0.05) is 0 Å². The zero-order valence-electron chi connectivity index (χ0n) is 9.67. The zero-order valence-corrected chi connectivity index (χ0v) is 9.67. The number of halogens is 12. The summed E-state index contributed by atoms with van der Waals surface area (Å²) in [6.45, 7) is 0. The van der Waals surface area contributed by atoms with Crippen LogP contribution in [0.5, 0.6) is 0 Å². The van der Waals surface area contributed by atoms with Crippen LogP contribution in [0, 0.1) is 0 Å². The van der Waals surface area contributed by atoms with E-state index in [0.717, 1.165) is 0 Å². The number of carbonyl (C=O) groups is 1. The maximum atomic E-state index is 13.2. The Balaban J connectivity index is 3.46. The Morgan fingerprint density at radius 1 is 0.783 bits per heavy atom. The molecule has 0 saturated carbocycles. The number of carbonyl (C=O) groups excluding carboxylic acids is 1. The van der Waals surface area contributed by atoms with Crippen LogP contribution < -0.4 is 0 Å². The molecule has 2 atom stereocenters. The summed E-state index contributed by atoms with van der Waals surface area (Å²) in [5.41, 5.74) is 0. The summed E-state index contributed by atoms with van der Waals surface area (Å²) >= 11 is 0. The first kappa shape index (κ1) is 19.6. The average molecular weight is 376 g/mol. The highest BCUT2D eigenvalue weighted by atomic mass is 19.4. The van der Waals surface area contributed by atoms with Gasteiger partial charge in [-0.3, -0.25) is 9.47 Å². The minimum Gasteiger partial charge on any atom is -0.369 e. The van der Waals surface area contributed by atoms with Gasteiger partial charge in [-0.15, -0.1) is 13.2 Å². The van der Waals surface area contributed by atoms with Crippen molar-refractivity contribution >= 4 is 5.97 Å². The largest absolute Gasteiger partial charge is 0.575 e. The van der Waals surface area contributed by atoms with Gasteiger partial charge in [0.15, 0.2) is 0 Å². The molecule has 1 fully saturated rings. The number of ether oxygens (including phenoxy) is 3. The second kappa shape index (κ2) is 4.78. The van der Waals surface area contributed by atoms with Crippen molar-refractivity contribution in [1.82, 2.24) is 0 Å². The predicted molar refractivity (Wildman–Crippen MR) is 37.9 cm³/mol. The Labute approximate surface area is 115 Å². The summed E-state index contributed by atoms with van der Waals surface area (Å²) in [6, 6.07) is 0. The minimum absolute atomic E-state index is 2.07. The fourth-order valence-corrected chi connectivity index (χ4v) is 1.23. The van der Waals surface area contributed by atoms with Gasteiger partial charge in [-0.2, -0.15) is 39.5 Å². The van der Waals surface area contributed by atoms with E-state index in [1.54, 1.807) is 0 Å². The lowest BCUT2D eigenvalue weighted by molar-refractivity contribution is -0.401. The summed E-state index contributed by atoms with van der Waals surface area (Å²) in [5.74, 6) is -16.5. The van der Waals surface area contributed by atoms with Gasteiger partial charge in [-0.25, -0.2) is 4.79 Å². The number of alkyl halides is 12. The first-order valence-corrected chi connectivity index (χ1v) is 4.70. The van der Waals surface area contributed by atoms with Gasteiger partial charge >= 0.3 is 42.4 Å². The van der Waals surface area contributed by atoms with Gasteiger partial charge in [-0.05, 0) is 0 Å². The molecule has 16 heteroatoms. The monoisotopic (exact) mass is 376 g/mol. The quantitative estimate of drug-likeness (QED) is 0.521. The van der Waals surface area contributed by atoms with Crippen molar-refractivity contribution in [3.63, 3.8) is 0 Å². The molecule has 4 nitrogen and oxygen atoms in total. The molecule has 0 radical (unpaired) electrons. The van der Waals surface area contributed by atoms with Crippen molar-refractivity contribution in [2.45, 2.75) is 36.5 Å². The molecule has 0 aromatic rings. The highest BCUT2D eigenvalue weighted by molar-refractivity contribution is 5.79. The Hall–Kier alpha value is -1.45. The molecular weight excluding hydrogens is 376 g/mol. The van der Waals surface area contributed by atoms with E-state index in [2.05, 4.69) is 14.2 Å². The molecule has 0 aromatic heterocycles. The number of hydrogen-bond acceptors (Lipinski definition) is 4. The molecule has 1 rings (SSSR count). The molecule has 0 aliphatic carbocycles. The molecule has 1 aliphatic rings. The Bertz CT molecular complexity index is 491. The molecule has 1 aliphatic heterocycles. The van der Waals surface area contributed by atoms with Crippen LogP contribution in [0.4, 0.5) is 52.7 Å². The fraction of sp³-hybridized carbons (Fsp3) is 0.857. The van der Waals surface area contributed by atoms with Crippen molar-refractivity contribution in [1.29, 1.82) is 0 Å². The Kier molecular flexibility index (Phi) is 4.07. The maximum Gasteiger partial charge on any atom is 0.575 e. The predicted octanol–water partition coefficient (Wildman–Crippen LogP) is 3.18. The summed E-state index contributed by atoms with van der Waals surface area (Å²) in [5, 5.41) is 0.